The molecule has 0 atom stereocenters. The first-order chi connectivity index (χ1) is 16.1. The van der Waals surface area contributed by atoms with Crippen LogP contribution in [0.15, 0.2) is 24.3 Å². The van der Waals surface area contributed by atoms with Crippen molar-refractivity contribution in [1.82, 2.24) is 10.2 Å². The summed E-state index contributed by atoms with van der Waals surface area (Å²) in [5, 5.41) is 3.18. The molecule has 188 valence electrons. The van der Waals surface area contributed by atoms with E-state index in [4.69, 9.17) is 9.47 Å². The van der Waals surface area contributed by atoms with E-state index in [0.717, 1.165) is 44.9 Å². The van der Waals surface area contributed by atoms with Gasteiger partial charge in [-0.1, -0.05) is 12.1 Å². The quantitative estimate of drug-likeness (QED) is 0.586. The lowest BCUT2D eigenvalue weighted by Gasteiger charge is -2.33. The van der Waals surface area contributed by atoms with E-state index in [0.29, 0.717) is 36.9 Å². The molecule has 2 fully saturated rings. The first kappa shape index (κ1) is 26.0. The minimum absolute atomic E-state index is 0.0238. The molecule has 2 amide bonds. The summed E-state index contributed by atoms with van der Waals surface area (Å²) in [7, 11) is 1.43. The molecule has 0 unspecified atom stereocenters. The average molecular weight is 473 g/mol. The van der Waals surface area contributed by atoms with Crippen LogP contribution in [-0.4, -0.2) is 54.7 Å². The number of hydrogen-bond acceptors (Lipinski definition) is 5. The molecule has 0 aromatic heterocycles. The van der Waals surface area contributed by atoms with Crippen molar-refractivity contribution in [3.05, 3.63) is 35.4 Å². The Bertz CT molecular complexity index is 830. The second-order valence-corrected chi connectivity index (χ2v) is 10.7. The van der Waals surface area contributed by atoms with Gasteiger partial charge < -0.3 is 19.7 Å². The van der Waals surface area contributed by atoms with E-state index in [1.54, 1.807) is 4.90 Å². The van der Waals surface area contributed by atoms with Crippen LogP contribution in [0.1, 0.15) is 94.0 Å². The molecule has 1 aliphatic carbocycles. The molecule has 1 saturated carbocycles. The standard InChI is InChI=1S/C27H40N2O5/c1-27(2,3)34-26(32)29-17-15-21(16-18-29)20-8-10-22(11-9-20)25(31)28-23-12-5-19(6-13-23)7-14-24(30)33-4/h8-11,19,21,23H,5-7,12-18H2,1-4H3,(H,28,31). The molecule has 0 bridgehead atoms. The highest BCUT2D eigenvalue weighted by atomic mass is 16.6. The molecule has 3 rings (SSSR count). The smallest absolute Gasteiger partial charge is 0.410 e. The van der Waals surface area contributed by atoms with Crippen LogP contribution in [0.2, 0.25) is 0 Å². The van der Waals surface area contributed by atoms with Crippen LogP contribution in [0, 0.1) is 5.92 Å². The van der Waals surface area contributed by atoms with Crippen molar-refractivity contribution in [3.8, 4) is 0 Å². The summed E-state index contributed by atoms with van der Waals surface area (Å²) in [4.78, 5) is 38.1. The SMILES string of the molecule is COC(=O)CCC1CCC(NC(=O)c2ccc(C3CCN(C(=O)OC(C)(C)C)CC3)cc2)CC1. The number of esters is 1. The average Bonchev–Trinajstić information content (AvgIpc) is 2.82. The predicted octanol–water partition coefficient (Wildman–Crippen LogP) is 5.04. The molecule has 7 nitrogen and oxygen atoms in total. The molecule has 1 saturated heterocycles. The molecule has 0 radical (unpaired) electrons. The first-order valence-electron chi connectivity index (χ1n) is 12.6. The van der Waals surface area contributed by atoms with Crippen molar-refractivity contribution in [1.29, 1.82) is 0 Å². The van der Waals surface area contributed by atoms with Crippen LogP contribution in [-0.2, 0) is 14.3 Å². The fraction of sp³-hybridized carbons (Fsp3) is 0.667. The van der Waals surface area contributed by atoms with Gasteiger partial charge in [-0.05, 0) is 95.2 Å². The zero-order chi connectivity index (χ0) is 24.7. The first-order valence-corrected chi connectivity index (χ1v) is 12.6. The number of carbonyl (C=O) groups is 3. The maximum atomic E-state index is 12.7. The molecule has 1 aromatic carbocycles. The number of nitrogens with one attached hydrogen (secondary N) is 1. The van der Waals surface area contributed by atoms with E-state index in [-0.39, 0.29) is 24.0 Å². The van der Waals surface area contributed by atoms with E-state index in [1.165, 1.54) is 12.7 Å². The molecule has 7 heteroatoms. The van der Waals surface area contributed by atoms with E-state index < -0.39 is 5.60 Å². The van der Waals surface area contributed by atoms with E-state index >= 15 is 0 Å². The topological polar surface area (TPSA) is 84.9 Å². The second kappa shape index (κ2) is 11.7. The van der Waals surface area contributed by atoms with Gasteiger partial charge in [0.25, 0.3) is 5.91 Å². The van der Waals surface area contributed by atoms with Gasteiger partial charge in [-0.15, -0.1) is 0 Å². The lowest BCUT2D eigenvalue weighted by Crippen LogP contribution is -2.41. The Morgan fingerprint density at radius 1 is 0.971 bits per heavy atom. The van der Waals surface area contributed by atoms with Crippen LogP contribution in [0.3, 0.4) is 0 Å². The second-order valence-electron chi connectivity index (χ2n) is 10.7. The number of carbonyl (C=O) groups excluding carboxylic acids is 3. The number of piperidine rings is 1. The van der Waals surface area contributed by atoms with Gasteiger partial charge >= 0.3 is 12.1 Å². The third-order valence-corrected chi connectivity index (χ3v) is 6.96. The zero-order valence-corrected chi connectivity index (χ0v) is 21.1. The number of hydrogen-bond donors (Lipinski definition) is 1. The number of rotatable bonds is 6. The number of likely N-dealkylation sites (tertiary alicyclic amines) is 1. The largest absolute Gasteiger partial charge is 0.469 e. The minimum Gasteiger partial charge on any atom is -0.469 e. The monoisotopic (exact) mass is 472 g/mol. The van der Waals surface area contributed by atoms with E-state index in [2.05, 4.69) is 5.32 Å². The fourth-order valence-electron chi connectivity index (χ4n) is 4.92. The van der Waals surface area contributed by atoms with Crippen LogP contribution in [0.5, 0.6) is 0 Å². The summed E-state index contributed by atoms with van der Waals surface area (Å²) in [6.45, 7) is 7.02. The predicted molar refractivity (Wildman–Crippen MR) is 131 cm³/mol. The Morgan fingerprint density at radius 3 is 2.15 bits per heavy atom. The molecule has 1 aliphatic heterocycles. The van der Waals surface area contributed by atoms with Crippen LogP contribution in [0.25, 0.3) is 0 Å². The Hall–Kier alpha value is -2.57. The summed E-state index contributed by atoms with van der Waals surface area (Å²) in [5.41, 5.74) is 1.42. The van der Waals surface area contributed by atoms with Gasteiger partial charge in [0.2, 0.25) is 0 Å². The number of methoxy groups -OCH3 is 1. The van der Waals surface area contributed by atoms with Gasteiger partial charge in [-0.3, -0.25) is 9.59 Å². The highest BCUT2D eigenvalue weighted by Crippen LogP contribution is 2.30. The van der Waals surface area contributed by atoms with Crippen LogP contribution >= 0.6 is 0 Å². The van der Waals surface area contributed by atoms with Crippen LogP contribution < -0.4 is 5.32 Å². The number of benzene rings is 1. The van der Waals surface area contributed by atoms with Gasteiger partial charge in [-0.25, -0.2) is 4.79 Å². The summed E-state index contributed by atoms with van der Waals surface area (Å²) >= 11 is 0. The molecule has 1 heterocycles. The van der Waals surface area contributed by atoms with Crippen molar-refractivity contribution in [3.63, 3.8) is 0 Å². The maximum absolute atomic E-state index is 12.7. The zero-order valence-electron chi connectivity index (χ0n) is 21.1. The third-order valence-electron chi connectivity index (χ3n) is 6.96. The Labute approximate surface area is 203 Å². The van der Waals surface area contributed by atoms with Gasteiger partial charge in [-0.2, -0.15) is 0 Å². The minimum atomic E-state index is -0.478. The molecular weight excluding hydrogens is 432 g/mol. The lowest BCUT2D eigenvalue weighted by molar-refractivity contribution is -0.141. The van der Waals surface area contributed by atoms with E-state index in [9.17, 15) is 14.4 Å². The van der Waals surface area contributed by atoms with Crippen molar-refractivity contribution in [2.75, 3.05) is 20.2 Å². The van der Waals surface area contributed by atoms with Crippen molar-refractivity contribution in [2.45, 2.75) is 89.7 Å². The molecule has 1 aromatic rings. The fourth-order valence-corrected chi connectivity index (χ4v) is 4.92. The number of amides is 2. The molecule has 2 aliphatic rings. The summed E-state index contributed by atoms with van der Waals surface area (Å²) in [5.74, 6) is 0.751. The number of ether oxygens (including phenoxy) is 2. The van der Waals surface area contributed by atoms with Crippen molar-refractivity contribution in [2.24, 2.45) is 5.92 Å². The van der Waals surface area contributed by atoms with Gasteiger partial charge in [0, 0.05) is 31.1 Å². The van der Waals surface area contributed by atoms with Gasteiger partial charge in [0.05, 0.1) is 7.11 Å². The summed E-state index contributed by atoms with van der Waals surface area (Å²) < 4.78 is 10.2. The van der Waals surface area contributed by atoms with Gasteiger partial charge in [0.15, 0.2) is 0 Å². The van der Waals surface area contributed by atoms with Crippen molar-refractivity contribution >= 4 is 18.0 Å². The van der Waals surface area contributed by atoms with E-state index in [1.807, 2.05) is 45.0 Å². The maximum Gasteiger partial charge on any atom is 0.410 e. The third kappa shape index (κ3) is 7.74. The lowest BCUT2D eigenvalue weighted by atomic mass is 9.83. The Balaban J connectivity index is 1.42. The number of nitrogens with zero attached hydrogens (tertiary/aromatic N) is 1. The van der Waals surface area contributed by atoms with Gasteiger partial charge in [0.1, 0.15) is 5.60 Å². The summed E-state index contributed by atoms with van der Waals surface area (Å²) in [6.07, 6.45) is 6.85. The molecule has 34 heavy (non-hydrogen) atoms. The normalized spacial score (nSPS) is 21.6. The molecule has 1 N–H and O–H groups in total. The highest BCUT2D eigenvalue weighted by molar-refractivity contribution is 5.94. The molecule has 0 spiro atoms. The Kier molecular flexibility index (Phi) is 8.97. The van der Waals surface area contributed by atoms with Crippen LogP contribution in [0.4, 0.5) is 4.79 Å². The molecular formula is C27H40N2O5. The highest BCUT2D eigenvalue weighted by Gasteiger charge is 2.28. The van der Waals surface area contributed by atoms with Crippen molar-refractivity contribution < 1.29 is 23.9 Å². The summed E-state index contributed by atoms with van der Waals surface area (Å²) in [6, 6.07) is 8.11. The Morgan fingerprint density at radius 2 is 1.59 bits per heavy atom.